The monoisotopic (exact) mass is 242 g/mol. The molecule has 2 heteroatoms. The van der Waals surface area contributed by atoms with E-state index in [1.807, 2.05) is 6.92 Å². The van der Waals surface area contributed by atoms with Gasteiger partial charge in [0.05, 0.1) is 0 Å². The predicted octanol–water partition coefficient (Wildman–Crippen LogP) is 3.11. The second-order valence-corrected chi connectivity index (χ2v) is 4.25. The first-order chi connectivity index (χ1) is 6.17. The Labute approximate surface area is 87.9 Å². The lowest BCUT2D eigenvalue weighted by Gasteiger charge is -2.10. The van der Waals surface area contributed by atoms with Gasteiger partial charge in [0.2, 0.25) is 0 Å². The van der Waals surface area contributed by atoms with Crippen molar-refractivity contribution in [3.05, 3.63) is 33.8 Å². The topological polar surface area (TPSA) is 20.2 Å². The summed E-state index contributed by atoms with van der Waals surface area (Å²) in [4.78, 5) is 0. The van der Waals surface area contributed by atoms with E-state index in [2.05, 4.69) is 41.1 Å². The largest absolute Gasteiger partial charge is 0.396 e. The highest BCUT2D eigenvalue weighted by atomic mass is 79.9. The molecule has 0 saturated heterocycles. The van der Waals surface area contributed by atoms with E-state index in [4.69, 9.17) is 5.11 Å². The van der Waals surface area contributed by atoms with Crippen LogP contribution in [0.15, 0.2) is 22.7 Å². The molecule has 0 aliphatic rings. The summed E-state index contributed by atoms with van der Waals surface area (Å²) in [6, 6.07) is 6.35. The lowest BCUT2D eigenvalue weighted by atomic mass is 9.99. The minimum absolute atomic E-state index is 0.208. The zero-order valence-corrected chi connectivity index (χ0v) is 9.63. The molecule has 1 aromatic rings. The first-order valence-corrected chi connectivity index (χ1v) is 5.37. The van der Waals surface area contributed by atoms with Gasteiger partial charge in [-0.2, -0.15) is 0 Å². The second-order valence-electron chi connectivity index (χ2n) is 3.33. The number of hydrogen-bond donors (Lipinski definition) is 1. The quantitative estimate of drug-likeness (QED) is 0.864. The fraction of sp³-hybridized carbons (Fsp3) is 0.455. The Morgan fingerprint density at radius 3 is 2.62 bits per heavy atom. The van der Waals surface area contributed by atoms with Gasteiger partial charge in [-0.15, -0.1) is 0 Å². The third kappa shape index (κ3) is 2.82. The van der Waals surface area contributed by atoms with Crippen LogP contribution in [0.1, 0.15) is 30.9 Å². The van der Waals surface area contributed by atoms with E-state index >= 15 is 0 Å². The molecule has 1 N–H and O–H groups in total. The van der Waals surface area contributed by atoms with Crippen LogP contribution in [0.2, 0.25) is 0 Å². The van der Waals surface area contributed by atoms with Gasteiger partial charge in [0.1, 0.15) is 0 Å². The Hall–Kier alpha value is -0.340. The molecule has 0 aliphatic carbocycles. The third-order valence-corrected chi connectivity index (χ3v) is 2.69. The standard InChI is InChI=1S/C11H15BrO/c1-3-9-4-10(8(2)7-13)6-11(12)5-9/h4-6,8,13H,3,7H2,1-2H3. The first kappa shape index (κ1) is 10.7. The average Bonchev–Trinajstić information content (AvgIpc) is 2.15. The van der Waals surface area contributed by atoms with E-state index < -0.39 is 0 Å². The molecule has 0 fully saturated rings. The van der Waals surface area contributed by atoms with Gasteiger partial charge in [0.25, 0.3) is 0 Å². The molecule has 0 heterocycles. The van der Waals surface area contributed by atoms with Crippen molar-refractivity contribution in [3.8, 4) is 0 Å². The highest BCUT2D eigenvalue weighted by molar-refractivity contribution is 9.10. The zero-order chi connectivity index (χ0) is 9.84. The van der Waals surface area contributed by atoms with Crippen LogP contribution in [0.25, 0.3) is 0 Å². The van der Waals surface area contributed by atoms with Crippen molar-refractivity contribution in [2.24, 2.45) is 0 Å². The lowest BCUT2D eigenvalue weighted by Crippen LogP contribution is -1.99. The molecule has 0 bridgehead atoms. The van der Waals surface area contributed by atoms with Crippen LogP contribution in [-0.4, -0.2) is 11.7 Å². The summed E-state index contributed by atoms with van der Waals surface area (Å²) in [7, 11) is 0. The summed E-state index contributed by atoms with van der Waals surface area (Å²) in [5.41, 5.74) is 2.51. The number of aliphatic hydroxyl groups excluding tert-OH is 1. The number of aliphatic hydroxyl groups is 1. The Balaban J connectivity index is 3.01. The summed E-state index contributed by atoms with van der Waals surface area (Å²) in [6.07, 6.45) is 1.03. The Kier molecular flexibility index (Phi) is 3.94. The number of aryl methyl sites for hydroxylation is 1. The number of benzene rings is 1. The van der Waals surface area contributed by atoms with Gasteiger partial charge in [-0.1, -0.05) is 35.8 Å². The molecular weight excluding hydrogens is 228 g/mol. The molecule has 1 nitrogen and oxygen atoms in total. The molecule has 1 atom stereocenters. The van der Waals surface area contributed by atoms with E-state index in [0.717, 1.165) is 10.9 Å². The summed E-state index contributed by atoms with van der Waals surface area (Å²) in [5, 5.41) is 9.03. The van der Waals surface area contributed by atoms with E-state index in [1.165, 1.54) is 11.1 Å². The van der Waals surface area contributed by atoms with Crippen LogP contribution in [0, 0.1) is 0 Å². The Morgan fingerprint density at radius 2 is 2.08 bits per heavy atom. The van der Waals surface area contributed by atoms with Crippen molar-refractivity contribution in [3.63, 3.8) is 0 Å². The third-order valence-electron chi connectivity index (χ3n) is 2.23. The Bertz CT molecular complexity index is 283. The smallest absolute Gasteiger partial charge is 0.0497 e. The first-order valence-electron chi connectivity index (χ1n) is 4.57. The highest BCUT2D eigenvalue weighted by Crippen LogP contribution is 2.22. The van der Waals surface area contributed by atoms with Gasteiger partial charge >= 0.3 is 0 Å². The van der Waals surface area contributed by atoms with Gasteiger partial charge in [0, 0.05) is 17.0 Å². The molecule has 0 saturated carbocycles. The van der Waals surface area contributed by atoms with Gasteiger partial charge in [-0.05, 0) is 29.7 Å². The molecule has 0 aromatic heterocycles. The van der Waals surface area contributed by atoms with Gasteiger partial charge in [0.15, 0.2) is 0 Å². The maximum absolute atomic E-state index is 9.03. The number of hydrogen-bond acceptors (Lipinski definition) is 1. The van der Waals surface area contributed by atoms with Crippen molar-refractivity contribution >= 4 is 15.9 Å². The predicted molar refractivity (Wildman–Crippen MR) is 59.0 cm³/mol. The zero-order valence-electron chi connectivity index (χ0n) is 8.05. The van der Waals surface area contributed by atoms with Crippen LogP contribution >= 0.6 is 15.9 Å². The molecule has 1 unspecified atom stereocenters. The van der Waals surface area contributed by atoms with E-state index in [-0.39, 0.29) is 12.5 Å². The maximum atomic E-state index is 9.03. The van der Waals surface area contributed by atoms with Crippen molar-refractivity contribution in [2.45, 2.75) is 26.2 Å². The summed E-state index contributed by atoms with van der Waals surface area (Å²) < 4.78 is 1.10. The summed E-state index contributed by atoms with van der Waals surface area (Å²) in [6.45, 7) is 4.37. The van der Waals surface area contributed by atoms with Crippen molar-refractivity contribution < 1.29 is 5.11 Å². The lowest BCUT2D eigenvalue weighted by molar-refractivity contribution is 0.273. The van der Waals surface area contributed by atoms with Crippen LogP contribution in [0.3, 0.4) is 0 Å². The van der Waals surface area contributed by atoms with Crippen LogP contribution in [0.4, 0.5) is 0 Å². The van der Waals surface area contributed by atoms with Crippen molar-refractivity contribution in [1.29, 1.82) is 0 Å². The minimum atomic E-state index is 0.208. The molecule has 13 heavy (non-hydrogen) atoms. The maximum Gasteiger partial charge on any atom is 0.0497 e. The second kappa shape index (κ2) is 4.77. The van der Waals surface area contributed by atoms with Gasteiger partial charge in [-0.3, -0.25) is 0 Å². The van der Waals surface area contributed by atoms with E-state index in [1.54, 1.807) is 0 Å². The fourth-order valence-electron chi connectivity index (χ4n) is 1.27. The Morgan fingerprint density at radius 1 is 1.38 bits per heavy atom. The summed E-state index contributed by atoms with van der Waals surface area (Å²) >= 11 is 3.47. The molecule has 72 valence electrons. The molecule has 0 aliphatic heterocycles. The normalized spacial score (nSPS) is 12.9. The van der Waals surface area contributed by atoms with Gasteiger partial charge < -0.3 is 5.11 Å². The number of rotatable bonds is 3. The molecule has 0 amide bonds. The highest BCUT2D eigenvalue weighted by Gasteiger charge is 2.05. The van der Waals surface area contributed by atoms with Crippen LogP contribution in [-0.2, 0) is 6.42 Å². The molecule has 1 rings (SSSR count). The van der Waals surface area contributed by atoms with Crippen molar-refractivity contribution in [2.75, 3.05) is 6.61 Å². The summed E-state index contributed by atoms with van der Waals surface area (Å²) in [5.74, 6) is 0.225. The fourth-order valence-corrected chi connectivity index (χ4v) is 1.83. The number of halogens is 1. The minimum Gasteiger partial charge on any atom is -0.396 e. The van der Waals surface area contributed by atoms with E-state index in [0.29, 0.717) is 0 Å². The van der Waals surface area contributed by atoms with E-state index in [9.17, 15) is 0 Å². The molecule has 1 aromatic carbocycles. The van der Waals surface area contributed by atoms with Crippen molar-refractivity contribution in [1.82, 2.24) is 0 Å². The van der Waals surface area contributed by atoms with Crippen LogP contribution < -0.4 is 0 Å². The van der Waals surface area contributed by atoms with Crippen LogP contribution in [0.5, 0.6) is 0 Å². The van der Waals surface area contributed by atoms with Gasteiger partial charge in [-0.25, -0.2) is 0 Å². The SMILES string of the molecule is CCc1cc(Br)cc(C(C)CO)c1. The molecule has 0 radical (unpaired) electrons. The molecular formula is C11H15BrO. The molecule has 0 spiro atoms. The average molecular weight is 243 g/mol.